The largest absolute Gasteiger partial charge is 0.359 e. The number of imidazole rings is 1. The molecule has 2 unspecified atom stereocenters. The number of nitrogens with zero attached hydrogens (tertiary/aromatic N) is 4. The number of hydrogen-bond donors (Lipinski definition) is 1. The van der Waals surface area contributed by atoms with Gasteiger partial charge in [0.15, 0.2) is 16.2 Å². The van der Waals surface area contributed by atoms with Crippen LogP contribution in [0.5, 0.6) is 0 Å². The highest BCUT2D eigenvalue weighted by molar-refractivity contribution is 7.92. The number of pyridine rings is 1. The van der Waals surface area contributed by atoms with Crippen LogP contribution in [0.3, 0.4) is 0 Å². The maximum absolute atomic E-state index is 12.0. The van der Waals surface area contributed by atoms with E-state index in [0.717, 1.165) is 11.4 Å². The molecule has 7 nitrogen and oxygen atoms in total. The van der Waals surface area contributed by atoms with Crippen molar-refractivity contribution in [2.24, 2.45) is 5.73 Å². The van der Waals surface area contributed by atoms with Gasteiger partial charge in [0.2, 0.25) is 0 Å². The summed E-state index contributed by atoms with van der Waals surface area (Å²) >= 11 is 6.34. The van der Waals surface area contributed by atoms with Crippen molar-refractivity contribution in [2.45, 2.75) is 25.1 Å². The first-order valence-electron chi connectivity index (χ1n) is 7.55. The van der Waals surface area contributed by atoms with Crippen molar-refractivity contribution in [1.82, 2.24) is 9.38 Å². The van der Waals surface area contributed by atoms with Gasteiger partial charge in [-0.15, -0.1) is 4.98 Å². The Balaban J connectivity index is 2.23. The predicted octanol–water partition coefficient (Wildman–Crippen LogP) is 2.18. The minimum Gasteiger partial charge on any atom is -0.359 e. The number of anilines is 1. The van der Waals surface area contributed by atoms with E-state index in [1.807, 2.05) is 11.8 Å². The maximum atomic E-state index is 12.0. The van der Waals surface area contributed by atoms with Gasteiger partial charge >= 0.3 is 0 Å². The Morgan fingerprint density at radius 2 is 2.25 bits per heavy atom. The van der Waals surface area contributed by atoms with Gasteiger partial charge in [-0.05, 0) is 19.9 Å². The molecule has 3 rings (SSSR count). The van der Waals surface area contributed by atoms with Crippen molar-refractivity contribution in [1.29, 1.82) is 0 Å². The van der Waals surface area contributed by atoms with Gasteiger partial charge in [0.1, 0.15) is 5.82 Å². The van der Waals surface area contributed by atoms with Gasteiger partial charge in [0.05, 0.1) is 21.5 Å². The second-order valence-electron chi connectivity index (χ2n) is 6.08. The minimum atomic E-state index is -3.07. The lowest BCUT2D eigenvalue weighted by Crippen LogP contribution is -2.46. The fourth-order valence-corrected chi connectivity index (χ4v) is 4.61. The molecule has 3 heterocycles. The van der Waals surface area contributed by atoms with Crippen molar-refractivity contribution < 1.29 is 8.42 Å². The monoisotopic (exact) mass is 367 g/mol. The molecule has 1 aliphatic rings. The lowest BCUT2D eigenvalue weighted by Gasteiger charge is -2.35. The van der Waals surface area contributed by atoms with E-state index >= 15 is 0 Å². The first-order valence-corrected chi connectivity index (χ1v) is 9.64. The molecule has 1 aliphatic heterocycles. The second kappa shape index (κ2) is 5.92. The quantitative estimate of drug-likeness (QED) is 0.822. The molecule has 0 bridgehead atoms. The molecule has 128 valence electrons. The zero-order valence-corrected chi connectivity index (χ0v) is 15.0. The molecule has 2 N–H and O–H groups in total. The third-order valence-corrected chi connectivity index (χ3v) is 6.79. The van der Waals surface area contributed by atoms with Crippen LogP contribution < -0.4 is 10.6 Å². The summed E-state index contributed by atoms with van der Waals surface area (Å²) in [5.74, 6) is 1.06. The summed E-state index contributed by atoms with van der Waals surface area (Å²) in [7, 11) is -3.07. The minimum absolute atomic E-state index is 0.0844. The summed E-state index contributed by atoms with van der Waals surface area (Å²) in [6.07, 6.45) is 1.55. The van der Waals surface area contributed by atoms with E-state index in [1.54, 1.807) is 23.7 Å². The number of hydrogen-bond acceptors (Lipinski definition) is 5. The van der Waals surface area contributed by atoms with Crippen LogP contribution in [0.15, 0.2) is 12.4 Å². The van der Waals surface area contributed by atoms with E-state index < -0.39 is 15.1 Å². The fourth-order valence-electron chi connectivity index (χ4n) is 3.03. The van der Waals surface area contributed by atoms with Crippen LogP contribution in [0.25, 0.3) is 10.4 Å². The van der Waals surface area contributed by atoms with Gasteiger partial charge in [-0.2, -0.15) is 0 Å². The highest BCUT2D eigenvalue weighted by Gasteiger charge is 2.32. The van der Waals surface area contributed by atoms with Gasteiger partial charge in [0.25, 0.3) is 5.82 Å². The Kier molecular flexibility index (Phi) is 4.20. The number of nitrogens with two attached hydrogens (primary N) is 1. The normalized spacial score (nSPS) is 21.6. The molecule has 0 saturated carbocycles. The van der Waals surface area contributed by atoms with Crippen molar-refractivity contribution in [3.05, 3.63) is 34.4 Å². The summed E-state index contributed by atoms with van der Waals surface area (Å²) in [6.45, 7) is 11.5. The molecule has 0 amide bonds. The van der Waals surface area contributed by atoms with Crippen LogP contribution in [-0.2, 0) is 9.84 Å². The molecule has 2 aromatic heterocycles. The molecule has 0 aliphatic carbocycles. The van der Waals surface area contributed by atoms with Crippen LogP contribution in [0, 0.1) is 6.57 Å². The van der Waals surface area contributed by atoms with Crippen molar-refractivity contribution in [2.75, 3.05) is 23.7 Å². The molecule has 24 heavy (non-hydrogen) atoms. The first-order chi connectivity index (χ1) is 11.3. The summed E-state index contributed by atoms with van der Waals surface area (Å²) in [5, 5.41) is -0.0611. The van der Waals surface area contributed by atoms with Gasteiger partial charge in [-0.25, -0.2) is 8.42 Å². The summed E-state index contributed by atoms with van der Waals surface area (Å²) < 4.78 is 25.8. The summed E-state index contributed by atoms with van der Waals surface area (Å²) in [4.78, 5) is 9.51. The van der Waals surface area contributed by atoms with E-state index in [9.17, 15) is 8.42 Å². The number of sulfone groups is 1. The molecule has 0 radical (unpaired) electrons. The second-order valence-corrected chi connectivity index (χ2v) is 9.03. The molecule has 2 aromatic rings. The average Bonchev–Trinajstić information content (AvgIpc) is 2.94. The Labute approximate surface area is 145 Å². The number of rotatable bonds is 2. The molecule has 1 saturated heterocycles. The fraction of sp³-hybridized carbons (Fsp3) is 0.467. The summed E-state index contributed by atoms with van der Waals surface area (Å²) in [6, 6.07) is 1.45. The Morgan fingerprint density at radius 1 is 1.54 bits per heavy atom. The van der Waals surface area contributed by atoms with Crippen LogP contribution in [0.4, 0.5) is 11.6 Å². The molecule has 0 aromatic carbocycles. The van der Waals surface area contributed by atoms with Crippen LogP contribution >= 0.6 is 11.6 Å². The SMILES string of the molecule is [C-]#[N+]c1ncn2c(N3CCS(=O)(=O)C(C)C3)c(C(C)N)cc(Cl)c12. The van der Waals surface area contributed by atoms with Crippen LogP contribution in [-0.4, -0.2) is 41.9 Å². The lowest BCUT2D eigenvalue weighted by molar-refractivity contribution is 0.567. The first kappa shape index (κ1) is 17.0. The van der Waals surface area contributed by atoms with Crippen molar-refractivity contribution in [3.8, 4) is 0 Å². The third-order valence-electron chi connectivity index (χ3n) is 4.38. The van der Waals surface area contributed by atoms with Crippen LogP contribution in [0.1, 0.15) is 25.5 Å². The topological polar surface area (TPSA) is 85.1 Å². The standard InChI is InChI=1S/C15H18ClN5O2S/c1-9-7-20(4-5-24(9,22)23)15-11(10(2)17)6-12(16)13-14(18-3)19-8-21(13)15/h6,8-10H,4-5,7,17H2,1-2H3. The van der Waals surface area contributed by atoms with Crippen molar-refractivity contribution in [3.63, 3.8) is 0 Å². The smallest absolute Gasteiger partial charge is 0.296 e. The van der Waals surface area contributed by atoms with E-state index in [4.69, 9.17) is 23.9 Å². The van der Waals surface area contributed by atoms with E-state index in [0.29, 0.717) is 23.6 Å². The van der Waals surface area contributed by atoms with Gasteiger partial charge in [-0.3, -0.25) is 4.40 Å². The van der Waals surface area contributed by atoms with Crippen LogP contribution in [0.2, 0.25) is 5.02 Å². The van der Waals surface area contributed by atoms with Crippen molar-refractivity contribution >= 4 is 38.6 Å². The Hall–Kier alpha value is -1.82. The van der Waals surface area contributed by atoms with Gasteiger partial charge in [0, 0.05) is 24.7 Å². The number of aromatic nitrogens is 2. The highest BCUT2D eigenvalue weighted by atomic mass is 35.5. The summed E-state index contributed by atoms with van der Waals surface area (Å²) in [5.41, 5.74) is 7.43. The maximum Gasteiger partial charge on any atom is 0.296 e. The Bertz CT molecular complexity index is 945. The predicted molar refractivity (Wildman–Crippen MR) is 94.5 cm³/mol. The Morgan fingerprint density at radius 3 is 2.83 bits per heavy atom. The average molecular weight is 368 g/mol. The van der Waals surface area contributed by atoms with Gasteiger partial charge in [-0.1, -0.05) is 18.2 Å². The molecular weight excluding hydrogens is 350 g/mol. The molecule has 2 atom stereocenters. The number of halogens is 1. The third kappa shape index (κ3) is 2.62. The molecule has 1 fully saturated rings. The zero-order chi connectivity index (χ0) is 17.6. The highest BCUT2D eigenvalue weighted by Crippen LogP contribution is 2.36. The van der Waals surface area contributed by atoms with Gasteiger partial charge < -0.3 is 15.5 Å². The zero-order valence-electron chi connectivity index (χ0n) is 13.4. The number of fused-ring (bicyclic) bond motifs is 1. The van der Waals surface area contributed by atoms with E-state index in [-0.39, 0.29) is 17.6 Å². The molecular formula is C15H18ClN5O2S. The van der Waals surface area contributed by atoms with E-state index in [1.165, 1.54) is 0 Å². The molecule has 0 spiro atoms. The lowest BCUT2D eigenvalue weighted by atomic mass is 10.1. The van der Waals surface area contributed by atoms with E-state index in [2.05, 4.69) is 9.83 Å². The molecule has 9 heteroatoms.